The molecule has 0 aromatic heterocycles. The van der Waals surface area contributed by atoms with Crippen LogP contribution in [0.15, 0.2) is 30.3 Å². The summed E-state index contributed by atoms with van der Waals surface area (Å²) in [6.07, 6.45) is -1.89. The van der Waals surface area contributed by atoms with E-state index in [1.54, 1.807) is 42.3 Å². The van der Waals surface area contributed by atoms with E-state index in [2.05, 4.69) is 24.5 Å². The van der Waals surface area contributed by atoms with Crippen molar-refractivity contribution in [1.82, 2.24) is 15.5 Å². The van der Waals surface area contributed by atoms with Crippen molar-refractivity contribution >= 4 is 5.91 Å². The number of nitrogens with zero attached hydrogens (tertiary/aromatic N) is 1. The zero-order valence-corrected chi connectivity index (χ0v) is 17.4. The molecule has 2 N–H and O–H groups in total. The van der Waals surface area contributed by atoms with E-state index in [-0.39, 0.29) is 35.4 Å². The Hall–Kier alpha value is -1.60. The Balaban J connectivity index is 1.69. The summed E-state index contributed by atoms with van der Waals surface area (Å²) < 4.78 is 41.7. The lowest BCUT2D eigenvalue weighted by Crippen LogP contribution is -2.49. The number of amides is 1. The first kappa shape index (κ1) is 22.1. The fourth-order valence-electron chi connectivity index (χ4n) is 5.04. The van der Waals surface area contributed by atoms with Crippen LogP contribution in [0.3, 0.4) is 0 Å². The van der Waals surface area contributed by atoms with Crippen LogP contribution in [0.1, 0.15) is 44.7 Å². The lowest BCUT2D eigenvalue weighted by atomic mass is 9.97. The monoisotopic (exact) mass is 411 g/mol. The van der Waals surface area contributed by atoms with Gasteiger partial charge in [-0.05, 0) is 49.6 Å². The SMILES string of the molecule is CN[C@H](CC(C)C)C(=O)N[C@@H]1CC[C@H]2CN(C(c3ccccc3)C(F)(F)F)C[C@H]21. The maximum atomic E-state index is 13.9. The van der Waals surface area contributed by atoms with Crippen molar-refractivity contribution in [2.45, 2.75) is 57.4 Å². The number of rotatable bonds is 7. The Bertz CT molecular complexity index is 680. The molecule has 5 atom stereocenters. The molecule has 2 aliphatic rings. The molecule has 162 valence electrons. The number of fused-ring (bicyclic) bond motifs is 1. The fraction of sp³-hybridized carbons (Fsp3) is 0.682. The number of likely N-dealkylation sites (tertiary alicyclic amines) is 1. The van der Waals surface area contributed by atoms with Crippen LogP contribution in [0, 0.1) is 17.8 Å². The number of hydrogen-bond acceptors (Lipinski definition) is 3. The standard InChI is InChI=1S/C22H32F3N3O/c1-14(2)11-19(26-3)21(29)27-18-10-9-16-12-28(13-17(16)18)20(22(23,24)25)15-7-5-4-6-8-15/h4-8,14,16-20,26H,9-13H2,1-3H3,(H,27,29)/t16-,17+,18+,19+,20?/m0/s1. The number of nitrogens with one attached hydrogen (secondary N) is 2. The van der Waals surface area contributed by atoms with Gasteiger partial charge in [0.15, 0.2) is 0 Å². The van der Waals surface area contributed by atoms with Gasteiger partial charge in [0, 0.05) is 19.1 Å². The molecule has 1 amide bonds. The van der Waals surface area contributed by atoms with E-state index >= 15 is 0 Å². The van der Waals surface area contributed by atoms with Crippen LogP contribution in [-0.4, -0.2) is 49.2 Å². The maximum Gasteiger partial charge on any atom is 0.408 e. The summed E-state index contributed by atoms with van der Waals surface area (Å²) >= 11 is 0. The van der Waals surface area contributed by atoms with Gasteiger partial charge in [0.05, 0.1) is 6.04 Å². The van der Waals surface area contributed by atoms with E-state index in [0.29, 0.717) is 19.0 Å². The van der Waals surface area contributed by atoms with Gasteiger partial charge in [0.25, 0.3) is 0 Å². The second-order valence-corrected chi connectivity index (χ2v) is 8.90. The van der Waals surface area contributed by atoms with Crippen molar-refractivity contribution in [3.63, 3.8) is 0 Å². The minimum Gasteiger partial charge on any atom is -0.352 e. The predicted molar refractivity (Wildman–Crippen MR) is 107 cm³/mol. The van der Waals surface area contributed by atoms with Crippen molar-refractivity contribution in [2.24, 2.45) is 17.8 Å². The molecular weight excluding hydrogens is 379 g/mol. The highest BCUT2D eigenvalue weighted by Crippen LogP contribution is 2.45. The number of carbonyl (C=O) groups excluding carboxylic acids is 1. The summed E-state index contributed by atoms with van der Waals surface area (Å²) in [6.45, 7) is 4.93. The Labute approximate surface area is 171 Å². The molecule has 0 bridgehead atoms. The third-order valence-electron chi connectivity index (χ3n) is 6.38. The smallest absolute Gasteiger partial charge is 0.352 e. The Morgan fingerprint density at radius 3 is 2.45 bits per heavy atom. The van der Waals surface area contributed by atoms with Gasteiger partial charge in [-0.2, -0.15) is 13.2 Å². The predicted octanol–water partition coefficient (Wildman–Crippen LogP) is 3.75. The second kappa shape index (κ2) is 9.04. The Morgan fingerprint density at radius 1 is 1.17 bits per heavy atom. The Morgan fingerprint density at radius 2 is 1.86 bits per heavy atom. The fourth-order valence-corrected chi connectivity index (χ4v) is 5.04. The van der Waals surface area contributed by atoms with Crippen LogP contribution < -0.4 is 10.6 Å². The van der Waals surface area contributed by atoms with Gasteiger partial charge in [-0.25, -0.2) is 0 Å². The van der Waals surface area contributed by atoms with E-state index in [1.165, 1.54) is 0 Å². The molecule has 2 fully saturated rings. The molecule has 4 nitrogen and oxygen atoms in total. The van der Waals surface area contributed by atoms with Crippen molar-refractivity contribution in [2.75, 3.05) is 20.1 Å². The molecule has 0 radical (unpaired) electrons. The van der Waals surface area contributed by atoms with Gasteiger partial charge in [-0.3, -0.25) is 9.69 Å². The largest absolute Gasteiger partial charge is 0.408 e. The molecule has 1 aliphatic heterocycles. The van der Waals surface area contributed by atoms with Crippen molar-refractivity contribution in [3.8, 4) is 0 Å². The minimum absolute atomic E-state index is 0.0410. The van der Waals surface area contributed by atoms with Gasteiger partial charge in [0.1, 0.15) is 6.04 Å². The van der Waals surface area contributed by atoms with Crippen LogP contribution in [0.5, 0.6) is 0 Å². The van der Waals surface area contributed by atoms with E-state index in [4.69, 9.17) is 0 Å². The highest BCUT2D eigenvalue weighted by Gasteiger charge is 2.51. The number of likely N-dealkylation sites (N-methyl/N-ethyl adjacent to an activating group) is 1. The molecule has 1 saturated carbocycles. The summed E-state index contributed by atoms with van der Waals surface area (Å²) in [5.74, 6) is 0.617. The number of carbonyl (C=O) groups is 1. The average Bonchev–Trinajstić information content (AvgIpc) is 3.21. The molecule has 1 aromatic carbocycles. The Kier molecular flexibility index (Phi) is 6.89. The van der Waals surface area contributed by atoms with Gasteiger partial charge >= 0.3 is 6.18 Å². The molecule has 1 saturated heterocycles. The van der Waals surface area contributed by atoms with Crippen LogP contribution in [0.25, 0.3) is 0 Å². The number of benzene rings is 1. The zero-order valence-electron chi connectivity index (χ0n) is 17.4. The second-order valence-electron chi connectivity index (χ2n) is 8.90. The number of halogens is 3. The maximum absolute atomic E-state index is 13.9. The molecule has 3 rings (SSSR count). The molecule has 1 aliphatic carbocycles. The number of alkyl halides is 3. The first-order valence-corrected chi connectivity index (χ1v) is 10.5. The van der Waals surface area contributed by atoms with Crippen LogP contribution in [-0.2, 0) is 4.79 Å². The van der Waals surface area contributed by atoms with E-state index in [1.807, 2.05) is 0 Å². The van der Waals surface area contributed by atoms with Gasteiger partial charge in [-0.1, -0.05) is 44.2 Å². The van der Waals surface area contributed by atoms with Gasteiger partial charge in [0.2, 0.25) is 5.91 Å². The van der Waals surface area contributed by atoms with E-state index in [9.17, 15) is 18.0 Å². The summed E-state index contributed by atoms with van der Waals surface area (Å²) in [5, 5.41) is 6.20. The summed E-state index contributed by atoms with van der Waals surface area (Å²) in [6, 6.07) is 6.24. The first-order valence-electron chi connectivity index (χ1n) is 10.5. The van der Waals surface area contributed by atoms with E-state index in [0.717, 1.165) is 19.3 Å². The lowest BCUT2D eigenvalue weighted by Gasteiger charge is -2.31. The van der Waals surface area contributed by atoms with Crippen molar-refractivity contribution < 1.29 is 18.0 Å². The van der Waals surface area contributed by atoms with Crippen LogP contribution >= 0.6 is 0 Å². The lowest BCUT2D eigenvalue weighted by molar-refractivity contribution is -0.184. The highest BCUT2D eigenvalue weighted by molar-refractivity contribution is 5.82. The normalized spacial score (nSPS) is 27.1. The van der Waals surface area contributed by atoms with Gasteiger partial charge < -0.3 is 10.6 Å². The average molecular weight is 412 g/mol. The van der Waals surface area contributed by atoms with Crippen molar-refractivity contribution in [3.05, 3.63) is 35.9 Å². The minimum atomic E-state index is -4.33. The quantitative estimate of drug-likeness (QED) is 0.718. The summed E-state index contributed by atoms with van der Waals surface area (Å²) in [4.78, 5) is 14.2. The third-order valence-corrected chi connectivity index (χ3v) is 6.38. The molecule has 29 heavy (non-hydrogen) atoms. The van der Waals surface area contributed by atoms with E-state index < -0.39 is 12.2 Å². The zero-order chi connectivity index (χ0) is 21.2. The van der Waals surface area contributed by atoms with Crippen LogP contribution in [0.2, 0.25) is 0 Å². The van der Waals surface area contributed by atoms with Crippen LogP contribution in [0.4, 0.5) is 13.2 Å². The third kappa shape index (κ3) is 5.12. The highest BCUT2D eigenvalue weighted by atomic mass is 19.4. The molecule has 0 spiro atoms. The molecule has 1 aromatic rings. The first-order chi connectivity index (χ1) is 13.7. The molecule has 1 unspecified atom stereocenters. The number of hydrogen-bond donors (Lipinski definition) is 2. The molecule has 1 heterocycles. The summed E-state index contributed by atoms with van der Waals surface area (Å²) in [5.41, 5.74) is 0.285. The molecule has 7 heteroatoms. The van der Waals surface area contributed by atoms with Gasteiger partial charge in [-0.15, -0.1) is 0 Å². The van der Waals surface area contributed by atoms with Crippen molar-refractivity contribution in [1.29, 1.82) is 0 Å². The molecular formula is C22H32F3N3O. The summed E-state index contributed by atoms with van der Waals surface area (Å²) in [7, 11) is 1.77. The topological polar surface area (TPSA) is 44.4 Å².